The molecular weight excluding hydrogens is 368 g/mol. The third-order valence-corrected chi connectivity index (χ3v) is 5.43. The fraction of sp³-hybridized carbons (Fsp3) is 0.391. The van der Waals surface area contributed by atoms with Gasteiger partial charge in [0, 0.05) is 5.56 Å². The molecule has 1 aliphatic carbocycles. The molecule has 2 N–H and O–H groups in total. The quantitative estimate of drug-likeness (QED) is 0.549. The van der Waals surface area contributed by atoms with Crippen LogP contribution in [0.2, 0.25) is 0 Å². The van der Waals surface area contributed by atoms with Gasteiger partial charge in [0.2, 0.25) is 0 Å². The lowest BCUT2D eigenvalue weighted by atomic mass is 9.83. The van der Waals surface area contributed by atoms with Crippen LogP contribution in [-0.2, 0) is 35.3 Å². The van der Waals surface area contributed by atoms with Gasteiger partial charge in [0.25, 0.3) is 5.91 Å². The lowest BCUT2D eigenvalue weighted by Gasteiger charge is -2.22. The number of rotatable bonds is 8. The van der Waals surface area contributed by atoms with Crippen molar-refractivity contribution >= 4 is 11.6 Å². The molecule has 2 aromatic rings. The second-order valence-corrected chi connectivity index (χ2v) is 7.11. The topological polar surface area (TPSA) is 83.1 Å². The number of benzene rings is 2. The standard InChI is InChI=1S/C23H28N2O4/c1-27-20-13-9-15(14-21(20)28-2)8-11-18-17-7-5-4-6-16(17)10-12-19(18)22(23(24)26)25-29-3/h9-10,12-14H,4-8,11H2,1-3H3,(H2,24,26)/b25-22-. The molecule has 0 unspecified atom stereocenters. The van der Waals surface area contributed by atoms with Gasteiger partial charge in [-0.1, -0.05) is 23.4 Å². The maximum absolute atomic E-state index is 12.0. The first-order valence-corrected chi connectivity index (χ1v) is 9.84. The number of aryl methyl sites for hydroxylation is 2. The predicted octanol–water partition coefficient (Wildman–Crippen LogP) is 3.20. The number of carbonyl (C=O) groups is 1. The highest BCUT2D eigenvalue weighted by Crippen LogP contribution is 2.31. The number of nitrogens with two attached hydrogens (primary N) is 1. The molecule has 0 aliphatic heterocycles. The molecule has 0 saturated heterocycles. The number of carbonyl (C=O) groups excluding carboxylic acids is 1. The molecule has 0 saturated carbocycles. The minimum atomic E-state index is -0.588. The van der Waals surface area contributed by atoms with Gasteiger partial charge in [0.1, 0.15) is 7.11 Å². The summed E-state index contributed by atoms with van der Waals surface area (Å²) in [5.74, 6) is 0.825. The molecule has 2 aromatic carbocycles. The number of primary amides is 1. The molecular formula is C23H28N2O4. The highest BCUT2D eigenvalue weighted by molar-refractivity contribution is 6.45. The zero-order valence-electron chi connectivity index (χ0n) is 17.3. The molecule has 29 heavy (non-hydrogen) atoms. The fourth-order valence-electron chi connectivity index (χ4n) is 4.04. The summed E-state index contributed by atoms with van der Waals surface area (Å²) in [6.07, 6.45) is 5.96. The molecule has 0 radical (unpaired) electrons. The minimum absolute atomic E-state index is 0.170. The average Bonchev–Trinajstić information content (AvgIpc) is 2.75. The van der Waals surface area contributed by atoms with Crippen LogP contribution >= 0.6 is 0 Å². The van der Waals surface area contributed by atoms with Crippen molar-refractivity contribution in [2.75, 3.05) is 21.3 Å². The van der Waals surface area contributed by atoms with Crippen LogP contribution in [0.4, 0.5) is 0 Å². The number of amides is 1. The fourth-order valence-corrected chi connectivity index (χ4v) is 4.04. The maximum Gasteiger partial charge on any atom is 0.271 e. The Kier molecular flexibility index (Phi) is 6.75. The van der Waals surface area contributed by atoms with E-state index in [1.165, 1.54) is 24.7 Å². The van der Waals surface area contributed by atoms with Gasteiger partial charge in [-0.2, -0.15) is 0 Å². The number of fused-ring (bicyclic) bond motifs is 1. The van der Waals surface area contributed by atoms with Crippen molar-refractivity contribution in [1.82, 2.24) is 0 Å². The third-order valence-electron chi connectivity index (χ3n) is 5.43. The van der Waals surface area contributed by atoms with Crippen LogP contribution in [0, 0.1) is 0 Å². The summed E-state index contributed by atoms with van der Waals surface area (Å²) in [6, 6.07) is 9.99. The smallest absolute Gasteiger partial charge is 0.271 e. The first kappa shape index (κ1) is 20.7. The SMILES string of the molecule is CO/N=C(\C(N)=O)c1ccc2c(c1CCc1ccc(OC)c(OC)c1)CCCC2. The summed E-state index contributed by atoms with van der Waals surface area (Å²) < 4.78 is 10.7. The summed E-state index contributed by atoms with van der Waals surface area (Å²) in [6.45, 7) is 0. The van der Waals surface area contributed by atoms with Gasteiger partial charge >= 0.3 is 0 Å². The third kappa shape index (κ3) is 4.53. The molecule has 1 aliphatic rings. The van der Waals surface area contributed by atoms with Crippen molar-refractivity contribution in [3.05, 3.63) is 58.1 Å². The summed E-state index contributed by atoms with van der Waals surface area (Å²) >= 11 is 0. The Bertz CT molecular complexity index is 921. The van der Waals surface area contributed by atoms with Crippen molar-refractivity contribution in [2.24, 2.45) is 10.9 Å². The van der Waals surface area contributed by atoms with Gasteiger partial charge in [-0.3, -0.25) is 4.79 Å². The number of hydrogen-bond acceptors (Lipinski definition) is 5. The average molecular weight is 396 g/mol. The minimum Gasteiger partial charge on any atom is -0.493 e. The van der Waals surface area contributed by atoms with Gasteiger partial charge in [-0.15, -0.1) is 0 Å². The molecule has 0 atom stereocenters. The molecule has 0 heterocycles. The van der Waals surface area contributed by atoms with E-state index in [0.29, 0.717) is 11.5 Å². The van der Waals surface area contributed by atoms with Gasteiger partial charge in [-0.05, 0) is 72.9 Å². The molecule has 6 nitrogen and oxygen atoms in total. The summed E-state index contributed by atoms with van der Waals surface area (Å²) in [7, 11) is 4.68. The molecule has 1 amide bonds. The predicted molar refractivity (Wildman–Crippen MR) is 113 cm³/mol. The van der Waals surface area contributed by atoms with E-state index in [2.05, 4.69) is 11.2 Å². The van der Waals surface area contributed by atoms with Crippen LogP contribution in [-0.4, -0.2) is 32.9 Å². The first-order chi connectivity index (χ1) is 14.1. The zero-order chi connectivity index (χ0) is 20.8. The van der Waals surface area contributed by atoms with Crippen LogP contribution in [0.5, 0.6) is 11.5 Å². The van der Waals surface area contributed by atoms with Gasteiger partial charge in [0.05, 0.1) is 14.2 Å². The molecule has 3 rings (SSSR count). The Morgan fingerprint density at radius 2 is 1.76 bits per heavy atom. The van der Waals surface area contributed by atoms with Crippen molar-refractivity contribution in [1.29, 1.82) is 0 Å². The van der Waals surface area contributed by atoms with Crippen molar-refractivity contribution in [2.45, 2.75) is 38.5 Å². The van der Waals surface area contributed by atoms with Crippen LogP contribution in [0.3, 0.4) is 0 Å². The second kappa shape index (κ2) is 9.45. The van der Waals surface area contributed by atoms with E-state index in [9.17, 15) is 4.79 Å². The van der Waals surface area contributed by atoms with Crippen LogP contribution in [0.15, 0.2) is 35.5 Å². The summed E-state index contributed by atoms with van der Waals surface area (Å²) in [5.41, 5.74) is 11.5. The number of ether oxygens (including phenoxy) is 2. The maximum atomic E-state index is 12.0. The lowest BCUT2D eigenvalue weighted by molar-refractivity contribution is -0.112. The number of methoxy groups -OCH3 is 2. The Balaban J connectivity index is 1.98. The largest absolute Gasteiger partial charge is 0.493 e. The summed E-state index contributed by atoms with van der Waals surface area (Å²) in [5, 5.41) is 3.91. The molecule has 0 bridgehead atoms. The van der Waals surface area contributed by atoms with E-state index < -0.39 is 5.91 Å². The van der Waals surface area contributed by atoms with E-state index in [1.807, 2.05) is 24.3 Å². The zero-order valence-corrected chi connectivity index (χ0v) is 17.3. The Morgan fingerprint density at radius 3 is 2.45 bits per heavy atom. The van der Waals surface area contributed by atoms with Crippen molar-refractivity contribution in [3.63, 3.8) is 0 Å². The molecule has 6 heteroatoms. The molecule has 154 valence electrons. The van der Waals surface area contributed by atoms with Gasteiger partial charge in [0.15, 0.2) is 17.2 Å². The molecule has 0 fully saturated rings. The van der Waals surface area contributed by atoms with E-state index >= 15 is 0 Å². The van der Waals surface area contributed by atoms with Crippen molar-refractivity contribution < 1.29 is 19.1 Å². The highest BCUT2D eigenvalue weighted by atomic mass is 16.6. The van der Waals surface area contributed by atoms with Gasteiger partial charge in [-0.25, -0.2) is 0 Å². The van der Waals surface area contributed by atoms with E-state index in [1.54, 1.807) is 14.2 Å². The highest BCUT2D eigenvalue weighted by Gasteiger charge is 2.22. The van der Waals surface area contributed by atoms with E-state index in [0.717, 1.165) is 48.8 Å². The Labute approximate surface area is 171 Å². The normalized spacial score (nSPS) is 13.6. The Hall–Kier alpha value is -3.02. The van der Waals surface area contributed by atoms with Gasteiger partial charge < -0.3 is 20.0 Å². The van der Waals surface area contributed by atoms with Crippen molar-refractivity contribution in [3.8, 4) is 11.5 Å². The molecule has 0 aromatic heterocycles. The summed E-state index contributed by atoms with van der Waals surface area (Å²) in [4.78, 5) is 16.9. The number of oxime groups is 1. The Morgan fingerprint density at radius 1 is 1.00 bits per heavy atom. The van der Waals surface area contributed by atoms with Crippen LogP contribution in [0.1, 0.15) is 40.7 Å². The number of hydrogen-bond donors (Lipinski definition) is 1. The van der Waals surface area contributed by atoms with Crippen LogP contribution in [0.25, 0.3) is 0 Å². The monoisotopic (exact) mass is 396 g/mol. The van der Waals surface area contributed by atoms with E-state index in [-0.39, 0.29) is 5.71 Å². The molecule has 0 spiro atoms. The van der Waals surface area contributed by atoms with E-state index in [4.69, 9.17) is 20.0 Å². The first-order valence-electron chi connectivity index (χ1n) is 9.84. The second-order valence-electron chi connectivity index (χ2n) is 7.11. The lowest BCUT2D eigenvalue weighted by Crippen LogP contribution is -2.26. The number of nitrogens with zero attached hydrogens (tertiary/aromatic N) is 1. The van der Waals surface area contributed by atoms with Crippen LogP contribution < -0.4 is 15.2 Å².